The molecule has 0 aromatic heterocycles. The van der Waals surface area contributed by atoms with Crippen LogP contribution in [0.1, 0.15) is 38.3 Å². The third-order valence-electron chi connectivity index (χ3n) is 3.87. The van der Waals surface area contributed by atoms with Crippen LogP contribution in [0.15, 0.2) is 24.3 Å². The van der Waals surface area contributed by atoms with Crippen LogP contribution in [0.25, 0.3) is 0 Å². The van der Waals surface area contributed by atoms with Gasteiger partial charge in [0, 0.05) is 24.2 Å². The fourth-order valence-electron chi connectivity index (χ4n) is 2.96. The Hall–Kier alpha value is -1.20. The first-order chi connectivity index (χ1) is 10.1. The predicted molar refractivity (Wildman–Crippen MR) is 79.8 cm³/mol. The number of alkyl halides is 2. The Kier molecular flexibility index (Phi) is 5.94. The molecule has 21 heavy (non-hydrogen) atoms. The first-order valence-electron chi connectivity index (χ1n) is 7.58. The second kappa shape index (κ2) is 7.71. The second-order valence-electron chi connectivity index (χ2n) is 5.71. The molecule has 0 radical (unpaired) electrons. The van der Waals surface area contributed by atoms with E-state index in [4.69, 9.17) is 0 Å². The van der Waals surface area contributed by atoms with E-state index in [1.165, 1.54) is 12.8 Å². The fraction of sp³-hybridized carbons (Fsp3) is 0.625. The van der Waals surface area contributed by atoms with Gasteiger partial charge >= 0.3 is 6.61 Å². The third kappa shape index (κ3) is 4.93. The largest absolute Gasteiger partial charge is 0.434 e. The molecule has 1 aliphatic rings. The number of halogens is 2. The average molecular weight is 298 g/mol. The zero-order valence-corrected chi connectivity index (χ0v) is 12.7. The molecule has 1 aromatic carbocycles. The van der Waals surface area contributed by atoms with Crippen LogP contribution in [0.3, 0.4) is 0 Å². The highest BCUT2D eigenvalue weighted by Crippen LogP contribution is 2.26. The topological polar surface area (TPSA) is 24.5 Å². The van der Waals surface area contributed by atoms with E-state index in [1.807, 2.05) is 19.1 Å². The van der Waals surface area contributed by atoms with Crippen molar-refractivity contribution in [3.8, 4) is 5.75 Å². The van der Waals surface area contributed by atoms with Crippen molar-refractivity contribution in [1.82, 2.24) is 10.2 Å². The summed E-state index contributed by atoms with van der Waals surface area (Å²) in [5.41, 5.74) is 0.770. The van der Waals surface area contributed by atoms with Gasteiger partial charge in [-0.2, -0.15) is 8.78 Å². The molecule has 1 aliphatic heterocycles. The highest BCUT2D eigenvalue weighted by molar-refractivity contribution is 5.35. The van der Waals surface area contributed by atoms with E-state index >= 15 is 0 Å². The minimum absolute atomic E-state index is 0.0300. The van der Waals surface area contributed by atoms with E-state index in [2.05, 4.69) is 21.9 Å². The lowest BCUT2D eigenvalue weighted by molar-refractivity contribution is -0.0506. The molecular weight excluding hydrogens is 274 g/mol. The highest BCUT2D eigenvalue weighted by Gasteiger charge is 2.19. The Morgan fingerprint density at radius 3 is 2.52 bits per heavy atom. The van der Waals surface area contributed by atoms with Crippen LogP contribution < -0.4 is 10.1 Å². The molecule has 1 aromatic rings. The van der Waals surface area contributed by atoms with Gasteiger partial charge in [-0.3, -0.25) is 0 Å². The lowest BCUT2D eigenvalue weighted by Crippen LogP contribution is -2.39. The van der Waals surface area contributed by atoms with Gasteiger partial charge in [0.25, 0.3) is 0 Å². The van der Waals surface area contributed by atoms with E-state index in [0.717, 1.165) is 25.2 Å². The molecule has 5 heteroatoms. The molecule has 1 heterocycles. The summed E-state index contributed by atoms with van der Waals surface area (Å²) in [6, 6.07) is 7.25. The molecule has 1 fully saturated rings. The number of benzene rings is 1. The summed E-state index contributed by atoms with van der Waals surface area (Å²) in [6.45, 7) is 4.62. The van der Waals surface area contributed by atoms with Crippen molar-refractivity contribution >= 4 is 0 Å². The summed E-state index contributed by atoms with van der Waals surface area (Å²) >= 11 is 0. The minimum Gasteiger partial charge on any atom is -0.434 e. The molecule has 1 saturated heterocycles. The SMILES string of the molecule is CC(CN1CCCC1)NC(C)c1ccccc1OC(F)F. The van der Waals surface area contributed by atoms with E-state index < -0.39 is 6.61 Å². The van der Waals surface area contributed by atoms with E-state index in [0.29, 0.717) is 6.04 Å². The average Bonchev–Trinajstić information content (AvgIpc) is 2.91. The van der Waals surface area contributed by atoms with Gasteiger partial charge in [-0.15, -0.1) is 0 Å². The standard InChI is InChI=1S/C16H24F2N2O/c1-12(11-20-9-5-6-10-20)19-13(2)14-7-3-4-8-15(14)21-16(17)18/h3-4,7-8,12-13,16,19H,5-6,9-11H2,1-2H3. The normalized spacial score (nSPS) is 18.9. The van der Waals surface area contributed by atoms with Crippen LogP contribution in [0.5, 0.6) is 5.75 Å². The summed E-state index contributed by atoms with van der Waals surface area (Å²) < 4.78 is 29.5. The number of hydrogen-bond donors (Lipinski definition) is 1. The maximum Gasteiger partial charge on any atom is 0.387 e. The number of ether oxygens (including phenoxy) is 1. The number of para-hydroxylation sites is 1. The maximum absolute atomic E-state index is 12.4. The Balaban J connectivity index is 1.94. The first kappa shape index (κ1) is 16.2. The number of rotatable bonds is 7. The maximum atomic E-state index is 12.4. The molecular formula is C16H24F2N2O. The predicted octanol–water partition coefficient (Wildman–Crippen LogP) is 3.42. The molecule has 118 valence electrons. The molecule has 1 N–H and O–H groups in total. The summed E-state index contributed by atoms with van der Waals surface area (Å²) in [6.07, 6.45) is 2.54. The highest BCUT2D eigenvalue weighted by atomic mass is 19.3. The molecule has 2 atom stereocenters. The molecule has 3 nitrogen and oxygen atoms in total. The van der Waals surface area contributed by atoms with Gasteiger partial charge in [0.2, 0.25) is 0 Å². The first-order valence-corrected chi connectivity index (χ1v) is 7.58. The van der Waals surface area contributed by atoms with Gasteiger partial charge in [0.15, 0.2) is 0 Å². The Labute approximate surface area is 125 Å². The van der Waals surface area contributed by atoms with Gasteiger partial charge in [-0.25, -0.2) is 0 Å². The third-order valence-corrected chi connectivity index (χ3v) is 3.87. The fourth-order valence-corrected chi connectivity index (χ4v) is 2.96. The van der Waals surface area contributed by atoms with E-state index in [-0.39, 0.29) is 11.8 Å². The monoisotopic (exact) mass is 298 g/mol. The Morgan fingerprint density at radius 1 is 1.19 bits per heavy atom. The number of nitrogens with one attached hydrogen (secondary N) is 1. The van der Waals surface area contributed by atoms with E-state index in [1.54, 1.807) is 12.1 Å². The van der Waals surface area contributed by atoms with Gasteiger partial charge in [0.1, 0.15) is 5.75 Å². The van der Waals surface area contributed by atoms with Crippen molar-refractivity contribution < 1.29 is 13.5 Å². The summed E-state index contributed by atoms with van der Waals surface area (Å²) in [7, 11) is 0. The molecule has 0 amide bonds. The lowest BCUT2D eigenvalue weighted by Gasteiger charge is -2.25. The molecule has 0 spiro atoms. The molecule has 0 bridgehead atoms. The van der Waals surface area contributed by atoms with Crippen molar-refractivity contribution in [2.24, 2.45) is 0 Å². The molecule has 0 saturated carbocycles. The van der Waals surface area contributed by atoms with Crippen LogP contribution in [0, 0.1) is 0 Å². The van der Waals surface area contributed by atoms with Gasteiger partial charge < -0.3 is 15.0 Å². The van der Waals surface area contributed by atoms with Crippen LogP contribution in [-0.2, 0) is 0 Å². The van der Waals surface area contributed by atoms with Crippen LogP contribution in [0.4, 0.5) is 8.78 Å². The molecule has 0 aliphatic carbocycles. The van der Waals surface area contributed by atoms with Crippen molar-refractivity contribution in [2.45, 2.75) is 45.4 Å². The van der Waals surface area contributed by atoms with Crippen molar-refractivity contribution in [2.75, 3.05) is 19.6 Å². The number of nitrogens with zero attached hydrogens (tertiary/aromatic N) is 1. The van der Waals surface area contributed by atoms with Gasteiger partial charge in [-0.05, 0) is 45.8 Å². The Morgan fingerprint density at radius 2 is 1.86 bits per heavy atom. The van der Waals surface area contributed by atoms with Gasteiger partial charge in [-0.1, -0.05) is 18.2 Å². The molecule has 2 unspecified atom stereocenters. The summed E-state index contributed by atoms with van der Waals surface area (Å²) in [4.78, 5) is 2.44. The summed E-state index contributed by atoms with van der Waals surface area (Å²) in [5, 5.41) is 3.47. The van der Waals surface area contributed by atoms with E-state index in [9.17, 15) is 8.78 Å². The van der Waals surface area contributed by atoms with Crippen LogP contribution >= 0.6 is 0 Å². The van der Waals surface area contributed by atoms with Crippen molar-refractivity contribution in [1.29, 1.82) is 0 Å². The van der Waals surface area contributed by atoms with Crippen LogP contribution in [0.2, 0.25) is 0 Å². The Bertz CT molecular complexity index is 436. The number of hydrogen-bond acceptors (Lipinski definition) is 3. The second-order valence-corrected chi connectivity index (χ2v) is 5.71. The van der Waals surface area contributed by atoms with Crippen LogP contribution in [-0.4, -0.2) is 37.2 Å². The number of likely N-dealkylation sites (tertiary alicyclic amines) is 1. The van der Waals surface area contributed by atoms with Crippen molar-refractivity contribution in [3.05, 3.63) is 29.8 Å². The smallest absolute Gasteiger partial charge is 0.387 e. The molecule has 2 rings (SSSR count). The minimum atomic E-state index is -2.79. The quantitative estimate of drug-likeness (QED) is 0.835. The van der Waals surface area contributed by atoms with Crippen molar-refractivity contribution in [3.63, 3.8) is 0 Å². The zero-order valence-electron chi connectivity index (χ0n) is 12.7. The zero-order chi connectivity index (χ0) is 15.2. The summed E-state index contributed by atoms with van der Waals surface area (Å²) in [5.74, 6) is 0.251. The lowest BCUT2D eigenvalue weighted by atomic mass is 10.1. The van der Waals surface area contributed by atoms with Gasteiger partial charge in [0.05, 0.1) is 0 Å².